The molecule has 2 rings (SSSR count). The maximum Gasteiger partial charge on any atom is 0.310 e. The van der Waals surface area contributed by atoms with Gasteiger partial charge >= 0.3 is 5.97 Å². The molecule has 1 saturated heterocycles. The number of amides is 1. The van der Waals surface area contributed by atoms with Gasteiger partial charge in [-0.25, -0.2) is 0 Å². The lowest BCUT2D eigenvalue weighted by atomic mass is 10.1. The number of ether oxygens (including phenoxy) is 2. The quantitative estimate of drug-likeness (QED) is 0.760. The first-order valence-corrected chi connectivity index (χ1v) is 6.62. The number of carbonyl (C=O) groups is 2. The van der Waals surface area contributed by atoms with Crippen molar-refractivity contribution in [1.82, 2.24) is 4.90 Å². The third kappa shape index (κ3) is 3.29. The number of rotatable bonds is 5. The fourth-order valence-corrected chi connectivity index (χ4v) is 2.37. The summed E-state index contributed by atoms with van der Waals surface area (Å²) >= 11 is 0. The highest BCUT2D eigenvalue weighted by Crippen LogP contribution is 2.20. The van der Waals surface area contributed by atoms with E-state index < -0.39 is 0 Å². The van der Waals surface area contributed by atoms with Crippen molar-refractivity contribution in [3.05, 3.63) is 29.8 Å². The fraction of sp³-hybridized carbons (Fsp3) is 0.467. The minimum Gasteiger partial charge on any atom is -0.497 e. The second kappa shape index (κ2) is 6.41. The summed E-state index contributed by atoms with van der Waals surface area (Å²) in [5.41, 5.74) is 1.14. The van der Waals surface area contributed by atoms with Gasteiger partial charge in [0, 0.05) is 19.5 Å². The predicted octanol–water partition coefficient (Wildman–Crippen LogP) is 1.26. The lowest BCUT2D eigenvalue weighted by Gasteiger charge is -2.16. The van der Waals surface area contributed by atoms with Crippen molar-refractivity contribution < 1.29 is 19.1 Å². The fourth-order valence-electron chi connectivity index (χ4n) is 2.37. The Balaban J connectivity index is 1.87. The number of likely N-dealkylation sites (tertiary alicyclic amines) is 1. The van der Waals surface area contributed by atoms with E-state index in [9.17, 15) is 9.59 Å². The molecule has 108 valence electrons. The van der Waals surface area contributed by atoms with Gasteiger partial charge in [-0.3, -0.25) is 9.59 Å². The summed E-state index contributed by atoms with van der Waals surface area (Å²) in [6, 6.07) is 7.77. The molecule has 0 aliphatic carbocycles. The van der Waals surface area contributed by atoms with Crippen molar-refractivity contribution in [2.75, 3.05) is 27.3 Å². The summed E-state index contributed by atoms with van der Waals surface area (Å²) < 4.78 is 9.79. The topological polar surface area (TPSA) is 55.8 Å². The molecule has 1 aliphatic rings. The standard InChI is InChI=1S/C15H19NO4/c1-19-13-5-3-11(4-6-13)7-8-16-10-12(9-14(16)17)15(18)20-2/h3-6,12H,7-10H2,1-2H3. The van der Waals surface area contributed by atoms with Crippen molar-refractivity contribution >= 4 is 11.9 Å². The summed E-state index contributed by atoms with van der Waals surface area (Å²) in [6.07, 6.45) is 1.03. The average Bonchev–Trinajstić information content (AvgIpc) is 2.86. The molecule has 5 heteroatoms. The van der Waals surface area contributed by atoms with Crippen LogP contribution in [0, 0.1) is 5.92 Å². The Kier molecular flexibility index (Phi) is 4.61. The molecule has 1 aromatic carbocycles. The summed E-state index contributed by atoms with van der Waals surface area (Å²) in [7, 11) is 2.98. The number of methoxy groups -OCH3 is 2. The normalized spacial score (nSPS) is 18.2. The molecule has 0 radical (unpaired) electrons. The summed E-state index contributed by atoms with van der Waals surface area (Å²) in [4.78, 5) is 25.0. The van der Waals surface area contributed by atoms with Crippen molar-refractivity contribution in [3.8, 4) is 5.75 Å². The molecule has 0 N–H and O–H groups in total. The molecule has 1 atom stereocenters. The van der Waals surface area contributed by atoms with E-state index in [1.165, 1.54) is 7.11 Å². The molecule has 20 heavy (non-hydrogen) atoms. The zero-order chi connectivity index (χ0) is 14.5. The molecular formula is C15H19NO4. The predicted molar refractivity (Wildman–Crippen MR) is 73.4 cm³/mol. The second-order valence-electron chi connectivity index (χ2n) is 4.86. The van der Waals surface area contributed by atoms with Gasteiger partial charge < -0.3 is 14.4 Å². The smallest absolute Gasteiger partial charge is 0.310 e. The molecule has 5 nitrogen and oxygen atoms in total. The molecule has 1 amide bonds. The van der Waals surface area contributed by atoms with Gasteiger partial charge in [0.25, 0.3) is 0 Å². The van der Waals surface area contributed by atoms with Crippen LogP contribution in [0.2, 0.25) is 0 Å². The molecule has 0 saturated carbocycles. The van der Waals surface area contributed by atoms with Gasteiger partial charge in [0.2, 0.25) is 5.91 Å². The van der Waals surface area contributed by atoms with Gasteiger partial charge in [0.15, 0.2) is 0 Å². The molecular weight excluding hydrogens is 258 g/mol. The van der Waals surface area contributed by atoms with Crippen LogP contribution >= 0.6 is 0 Å². The van der Waals surface area contributed by atoms with Crippen LogP contribution in [0.4, 0.5) is 0 Å². The number of esters is 1. The Bertz CT molecular complexity index is 483. The zero-order valence-electron chi connectivity index (χ0n) is 11.8. The Hall–Kier alpha value is -2.04. The minimum atomic E-state index is -0.316. The number of hydrogen-bond acceptors (Lipinski definition) is 4. The number of nitrogens with zero attached hydrogens (tertiary/aromatic N) is 1. The average molecular weight is 277 g/mol. The highest BCUT2D eigenvalue weighted by Gasteiger charge is 2.34. The first-order valence-electron chi connectivity index (χ1n) is 6.62. The van der Waals surface area contributed by atoms with Crippen molar-refractivity contribution in [2.45, 2.75) is 12.8 Å². The van der Waals surface area contributed by atoms with Crippen LogP contribution in [-0.4, -0.2) is 44.1 Å². The van der Waals surface area contributed by atoms with E-state index in [2.05, 4.69) is 4.74 Å². The van der Waals surface area contributed by atoms with E-state index in [1.54, 1.807) is 12.0 Å². The molecule has 1 heterocycles. The number of hydrogen-bond donors (Lipinski definition) is 0. The van der Waals surface area contributed by atoms with Gasteiger partial charge in [-0.05, 0) is 24.1 Å². The van der Waals surface area contributed by atoms with Crippen LogP contribution in [0.1, 0.15) is 12.0 Å². The summed E-state index contributed by atoms with van der Waals surface area (Å²) in [6.45, 7) is 1.08. The Labute approximate surface area is 118 Å². The van der Waals surface area contributed by atoms with Gasteiger partial charge in [0.1, 0.15) is 5.75 Å². The molecule has 1 unspecified atom stereocenters. The summed E-state index contributed by atoms with van der Waals surface area (Å²) in [5, 5.41) is 0. The highest BCUT2D eigenvalue weighted by atomic mass is 16.5. The number of carbonyl (C=O) groups excluding carboxylic acids is 2. The maximum absolute atomic E-state index is 11.8. The molecule has 1 aromatic rings. The van der Waals surface area contributed by atoms with Crippen LogP contribution < -0.4 is 4.74 Å². The van der Waals surface area contributed by atoms with Gasteiger partial charge in [-0.1, -0.05) is 12.1 Å². The van der Waals surface area contributed by atoms with E-state index >= 15 is 0 Å². The monoisotopic (exact) mass is 277 g/mol. The van der Waals surface area contributed by atoms with E-state index in [0.717, 1.165) is 17.7 Å². The van der Waals surface area contributed by atoms with E-state index in [4.69, 9.17) is 4.74 Å². The summed E-state index contributed by atoms with van der Waals surface area (Å²) in [5.74, 6) is 0.222. The molecule has 0 aromatic heterocycles. The number of benzene rings is 1. The SMILES string of the molecule is COC(=O)C1CC(=O)N(CCc2ccc(OC)cc2)C1. The largest absolute Gasteiger partial charge is 0.497 e. The molecule has 0 spiro atoms. The van der Waals surface area contributed by atoms with Crippen LogP contribution in [0.15, 0.2) is 24.3 Å². The molecule has 1 aliphatic heterocycles. The van der Waals surface area contributed by atoms with E-state index in [-0.39, 0.29) is 24.2 Å². The van der Waals surface area contributed by atoms with Gasteiger partial charge in [-0.15, -0.1) is 0 Å². The molecule has 0 bridgehead atoms. The van der Waals surface area contributed by atoms with Crippen LogP contribution in [0.3, 0.4) is 0 Å². The van der Waals surface area contributed by atoms with Crippen molar-refractivity contribution in [2.24, 2.45) is 5.92 Å². The first kappa shape index (κ1) is 14.4. The Morgan fingerprint density at radius 3 is 2.60 bits per heavy atom. The zero-order valence-corrected chi connectivity index (χ0v) is 11.8. The maximum atomic E-state index is 11.8. The van der Waals surface area contributed by atoms with Crippen molar-refractivity contribution in [1.29, 1.82) is 0 Å². The lowest BCUT2D eigenvalue weighted by molar-refractivity contribution is -0.145. The van der Waals surface area contributed by atoms with Gasteiger partial charge in [0.05, 0.1) is 20.1 Å². The Morgan fingerprint density at radius 2 is 2.00 bits per heavy atom. The highest BCUT2D eigenvalue weighted by molar-refractivity contribution is 5.86. The third-order valence-electron chi connectivity index (χ3n) is 3.58. The van der Waals surface area contributed by atoms with Crippen LogP contribution in [0.5, 0.6) is 5.75 Å². The third-order valence-corrected chi connectivity index (χ3v) is 3.58. The lowest BCUT2D eigenvalue weighted by Crippen LogP contribution is -2.28. The van der Waals surface area contributed by atoms with E-state index in [0.29, 0.717) is 13.1 Å². The first-order chi connectivity index (χ1) is 9.63. The van der Waals surface area contributed by atoms with Crippen LogP contribution in [0.25, 0.3) is 0 Å². The van der Waals surface area contributed by atoms with E-state index in [1.807, 2.05) is 24.3 Å². The van der Waals surface area contributed by atoms with Crippen LogP contribution in [-0.2, 0) is 20.7 Å². The minimum absolute atomic E-state index is 0.0221. The van der Waals surface area contributed by atoms with Gasteiger partial charge in [-0.2, -0.15) is 0 Å². The van der Waals surface area contributed by atoms with Crippen molar-refractivity contribution in [3.63, 3.8) is 0 Å². The molecule has 1 fully saturated rings. The second-order valence-corrected chi connectivity index (χ2v) is 4.86. The Morgan fingerprint density at radius 1 is 1.30 bits per heavy atom.